The second-order valence-electron chi connectivity index (χ2n) is 15.7. The summed E-state index contributed by atoms with van der Waals surface area (Å²) >= 11 is 0. The van der Waals surface area contributed by atoms with Gasteiger partial charge < -0.3 is 0 Å². The van der Waals surface area contributed by atoms with Gasteiger partial charge in [0.2, 0.25) is 0 Å². The van der Waals surface area contributed by atoms with E-state index >= 15 is 0 Å². The molecular weight excluding hydrogens is 737 g/mol. The molecule has 0 saturated heterocycles. The van der Waals surface area contributed by atoms with E-state index in [1.807, 2.05) is 12.1 Å². The molecule has 2 heteroatoms. The van der Waals surface area contributed by atoms with Gasteiger partial charge in [-0.15, -0.1) is 0 Å². The second kappa shape index (κ2) is 15.7. The minimum absolute atomic E-state index is 0.112. The third kappa shape index (κ3) is 6.94. The van der Waals surface area contributed by atoms with Gasteiger partial charge in [-0.1, -0.05) is 206 Å². The zero-order valence-electron chi connectivity index (χ0n) is 33.5. The summed E-state index contributed by atoms with van der Waals surface area (Å²) in [5.41, 5.74) is 21.8. The van der Waals surface area contributed by atoms with Gasteiger partial charge in [-0.25, -0.2) is 4.98 Å². The number of fused-ring (bicyclic) bond motifs is 3. The Balaban J connectivity index is 0.974. The van der Waals surface area contributed by atoms with Crippen molar-refractivity contribution in [1.29, 1.82) is 0 Å². The molecule has 2 aliphatic rings. The lowest BCUT2D eigenvalue weighted by atomic mass is 9.78. The minimum atomic E-state index is -0.112. The Labute approximate surface area is 357 Å². The standard InChI is InChI=1S/C59H40N2/c1-6-17-42(18-7-1)53-37-51-36-49(33-34-52(51)57-56(45-23-12-4-13-24-45)58(61-59(53)57)46-25-14-5-15-26-46)48-28-16-27-47(35-48)40-29-31-41(32-30-40)50-38-54(43-19-8-2-9-20-43)60-55(39-50)44-21-10-3-11-22-44/h1-39,59H. The van der Waals surface area contributed by atoms with Gasteiger partial charge in [-0.05, 0) is 97.1 Å². The molecule has 0 spiro atoms. The highest BCUT2D eigenvalue weighted by atomic mass is 14.9. The van der Waals surface area contributed by atoms with E-state index in [1.54, 1.807) is 0 Å². The van der Waals surface area contributed by atoms with E-state index in [1.165, 1.54) is 61.2 Å². The van der Waals surface area contributed by atoms with Crippen molar-refractivity contribution in [3.05, 3.63) is 258 Å². The van der Waals surface area contributed by atoms with Crippen molar-refractivity contribution in [3.8, 4) is 55.9 Å². The van der Waals surface area contributed by atoms with Gasteiger partial charge in [-0.3, -0.25) is 4.99 Å². The molecule has 1 aliphatic carbocycles. The van der Waals surface area contributed by atoms with Crippen LogP contribution >= 0.6 is 0 Å². The fourth-order valence-electron chi connectivity index (χ4n) is 8.91. The number of aromatic nitrogens is 1. The maximum absolute atomic E-state index is 5.55. The Bertz CT molecular complexity index is 3070. The van der Waals surface area contributed by atoms with E-state index < -0.39 is 0 Å². The molecule has 1 unspecified atom stereocenters. The summed E-state index contributed by atoms with van der Waals surface area (Å²) in [4.78, 5) is 10.6. The SMILES string of the molecule is C1=C(c2ccccc2)C2N=C(c3ccccc3)C(c3ccccc3)=C2c2ccc(-c3cccc(-c4ccc(-c5cc(-c6ccccc6)nc(-c6ccccc6)c5)cc4)c3)cc21. The van der Waals surface area contributed by atoms with E-state index in [0.29, 0.717) is 0 Å². The highest BCUT2D eigenvalue weighted by molar-refractivity contribution is 6.41. The molecule has 1 atom stereocenters. The van der Waals surface area contributed by atoms with Crippen LogP contribution < -0.4 is 0 Å². The number of rotatable bonds is 8. The predicted octanol–water partition coefficient (Wildman–Crippen LogP) is 14.8. The molecule has 2 nitrogen and oxygen atoms in total. The predicted molar refractivity (Wildman–Crippen MR) is 256 cm³/mol. The summed E-state index contributed by atoms with van der Waals surface area (Å²) in [5, 5.41) is 0. The third-order valence-corrected chi connectivity index (χ3v) is 11.9. The number of allylic oxidation sites excluding steroid dienone is 1. The molecule has 8 aromatic carbocycles. The van der Waals surface area contributed by atoms with Crippen molar-refractivity contribution in [2.24, 2.45) is 4.99 Å². The Morgan fingerprint density at radius 3 is 1.33 bits per heavy atom. The van der Waals surface area contributed by atoms with Gasteiger partial charge in [0.05, 0.1) is 17.1 Å². The van der Waals surface area contributed by atoms with Crippen LogP contribution in [0.4, 0.5) is 0 Å². The summed E-state index contributed by atoms with van der Waals surface area (Å²) in [6, 6.07) is 82.2. The van der Waals surface area contributed by atoms with Crippen molar-refractivity contribution in [2.75, 3.05) is 0 Å². The van der Waals surface area contributed by atoms with Crippen molar-refractivity contribution >= 4 is 28.5 Å². The second-order valence-corrected chi connectivity index (χ2v) is 15.7. The summed E-state index contributed by atoms with van der Waals surface area (Å²) in [7, 11) is 0. The third-order valence-electron chi connectivity index (χ3n) is 11.9. The Morgan fingerprint density at radius 2 is 0.754 bits per heavy atom. The summed E-state index contributed by atoms with van der Waals surface area (Å²) in [5.74, 6) is 0. The van der Waals surface area contributed by atoms with Crippen molar-refractivity contribution in [3.63, 3.8) is 0 Å². The lowest BCUT2D eigenvalue weighted by Crippen LogP contribution is -2.13. The van der Waals surface area contributed by atoms with Crippen LogP contribution in [0.2, 0.25) is 0 Å². The number of hydrogen-bond donors (Lipinski definition) is 0. The molecule has 9 aromatic rings. The number of pyridine rings is 1. The molecule has 0 N–H and O–H groups in total. The zero-order valence-corrected chi connectivity index (χ0v) is 33.5. The number of hydrogen-bond acceptors (Lipinski definition) is 2. The highest BCUT2D eigenvalue weighted by Crippen LogP contribution is 2.49. The van der Waals surface area contributed by atoms with Crippen LogP contribution in [0.15, 0.2) is 236 Å². The lowest BCUT2D eigenvalue weighted by molar-refractivity contribution is 1.08. The van der Waals surface area contributed by atoms with Crippen molar-refractivity contribution in [2.45, 2.75) is 6.04 Å². The van der Waals surface area contributed by atoms with Gasteiger partial charge in [0.1, 0.15) is 6.04 Å². The topological polar surface area (TPSA) is 25.2 Å². The molecule has 0 radical (unpaired) electrons. The van der Waals surface area contributed by atoms with E-state index in [4.69, 9.17) is 9.98 Å². The molecule has 61 heavy (non-hydrogen) atoms. The Morgan fingerprint density at radius 1 is 0.311 bits per heavy atom. The van der Waals surface area contributed by atoms with Crippen LogP contribution in [0.1, 0.15) is 27.8 Å². The largest absolute Gasteiger partial charge is 0.271 e. The maximum Gasteiger partial charge on any atom is 0.103 e. The summed E-state index contributed by atoms with van der Waals surface area (Å²) in [6.45, 7) is 0. The minimum Gasteiger partial charge on any atom is -0.271 e. The molecule has 1 aliphatic heterocycles. The van der Waals surface area contributed by atoms with E-state index in [-0.39, 0.29) is 6.04 Å². The van der Waals surface area contributed by atoms with Crippen LogP contribution in [0.3, 0.4) is 0 Å². The molecule has 286 valence electrons. The first-order valence-electron chi connectivity index (χ1n) is 20.9. The Kier molecular flexibility index (Phi) is 9.29. The molecule has 0 bridgehead atoms. The van der Waals surface area contributed by atoms with Crippen LogP contribution in [0, 0.1) is 0 Å². The van der Waals surface area contributed by atoms with Crippen LogP contribution in [0.5, 0.6) is 0 Å². The maximum atomic E-state index is 5.55. The smallest absolute Gasteiger partial charge is 0.103 e. The van der Waals surface area contributed by atoms with E-state index in [0.717, 1.165) is 44.9 Å². The van der Waals surface area contributed by atoms with Gasteiger partial charge in [0.25, 0.3) is 0 Å². The lowest BCUT2D eigenvalue weighted by Gasteiger charge is -2.26. The van der Waals surface area contributed by atoms with Gasteiger partial charge in [0.15, 0.2) is 0 Å². The molecular formula is C59H40N2. The fourth-order valence-corrected chi connectivity index (χ4v) is 8.91. The average Bonchev–Trinajstić information content (AvgIpc) is 3.76. The van der Waals surface area contributed by atoms with Crippen molar-refractivity contribution < 1.29 is 0 Å². The molecule has 0 amide bonds. The van der Waals surface area contributed by atoms with Gasteiger partial charge in [0, 0.05) is 22.3 Å². The molecule has 0 saturated carbocycles. The first kappa shape index (κ1) is 36.2. The average molecular weight is 777 g/mol. The van der Waals surface area contributed by atoms with Crippen LogP contribution in [-0.2, 0) is 0 Å². The van der Waals surface area contributed by atoms with E-state index in [2.05, 4.69) is 224 Å². The zero-order chi connectivity index (χ0) is 40.5. The number of aliphatic imine (C=N–C) groups is 1. The number of benzene rings is 8. The molecule has 2 heterocycles. The number of nitrogens with zero attached hydrogens (tertiary/aromatic N) is 2. The summed E-state index contributed by atoms with van der Waals surface area (Å²) < 4.78 is 0. The Hall–Kier alpha value is -7.94. The van der Waals surface area contributed by atoms with Gasteiger partial charge in [-0.2, -0.15) is 0 Å². The summed E-state index contributed by atoms with van der Waals surface area (Å²) in [6.07, 6.45) is 2.37. The van der Waals surface area contributed by atoms with Crippen LogP contribution in [0.25, 0.3) is 78.7 Å². The van der Waals surface area contributed by atoms with Crippen molar-refractivity contribution in [1.82, 2.24) is 4.98 Å². The first-order valence-corrected chi connectivity index (χ1v) is 20.9. The monoisotopic (exact) mass is 776 g/mol. The van der Waals surface area contributed by atoms with Gasteiger partial charge >= 0.3 is 0 Å². The normalized spacial score (nSPS) is 14.2. The van der Waals surface area contributed by atoms with E-state index in [9.17, 15) is 0 Å². The van der Waals surface area contributed by atoms with Crippen LogP contribution in [-0.4, -0.2) is 16.7 Å². The highest BCUT2D eigenvalue weighted by Gasteiger charge is 2.37. The first-order chi connectivity index (χ1) is 30.2. The molecule has 11 rings (SSSR count). The quantitative estimate of drug-likeness (QED) is 0.151. The fraction of sp³-hybridized carbons (Fsp3) is 0.0169. The molecule has 0 fully saturated rings. The molecule has 1 aromatic heterocycles.